The third-order valence-corrected chi connectivity index (χ3v) is 11.5. The van der Waals surface area contributed by atoms with Gasteiger partial charge in [-0.25, -0.2) is 0 Å². The molecule has 5 rings (SSSR count). The van der Waals surface area contributed by atoms with E-state index in [2.05, 4.69) is 6.92 Å². The van der Waals surface area contributed by atoms with E-state index in [1.54, 1.807) is 30.4 Å². The van der Waals surface area contributed by atoms with Crippen LogP contribution < -0.4 is 0 Å². The average molecular weight is 536 g/mol. The molecule has 1 aromatic rings. The number of allylic oxidation sites excluding steroid dienone is 4. The molecule has 4 aliphatic rings. The SMILES string of the molecule is C[C@@H]1CC2C3CCC4=CC(=O)C=CC4(C)C3C(O)CC2(C)[C@@]1(O)C(=O)CSc1ccc(Cl)cc1Cl. The highest BCUT2D eigenvalue weighted by Crippen LogP contribution is 2.68. The van der Waals surface area contributed by atoms with Crippen LogP contribution in [0.2, 0.25) is 10.0 Å². The molecule has 0 spiro atoms. The standard InChI is InChI=1S/C28H32Cl2O4S/c1-15-10-20-19-6-4-16-11-18(31)8-9-26(16,2)25(19)22(32)13-27(20,3)28(15,34)24(33)14-35-23-7-5-17(29)12-21(23)30/h5,7-9,11-12,15,19-20,22,25,32,34H,4,6,10,13-14H2,1-3H3/t15-,19?,20?,22?,25?,26?,27?,28+/m1/s1. The molecule has 7 heteroatoms. The molecule has 1 aromatic carbocycles. The molecule has 35 heavy (non-hydrogen) atoms. The molecule has 0 bridgehead atoms. The molecule has 4 nitrogen and oxygen atoms in total. The number of benzene rings is 1. The average Bonchev–Trinajstić information content (AvgIpc) is 2.99. The maximum Gasteiger partial charge on any atom is 0.178 e. The number of aliphatic hydroxyl groups excluding tert-OH is 1. The number of aliphatic hydroxyl groups is 2. The summed E-state index contributed by atoms with van der Waals surface area (Å²) in [6.07, 6.45) is 7.45. The lowest BCUT2D eigenvalue weighted by Crippen LogP contribution is -2.62. The van der Waals surface area contributed by atoms with Crippen LogP contribution in [0.1, 0.15) is 46.5 Å². The lowest BCUT2D eigenvalue weighted by molar-refractivity contribution is -0.179. The van der Waals surface area contributed by atoms with Crippen LogP contribution in [-0.4, -0.2) is 39.2 Å². The minimum absolute atomic E-state index is 0.0128. The minimum atomic E-state index is -1.52. The summed E-state index contributed by atoms with van der Waals surface area (Å²) in [7, 11) is 0. The molecule has 0 amide bonds. The largest absolute Gasteiger partial charge is 0.393 e. The first-order chi connectivity index (χ1) is 16.4. The first kappa shape index (κ1) is 25.5. The number of thioether (sulfide) groups is 1. The molecule has 0 aromatic heterocycles. The zero-order valence-corrected chi connectivity index (χ0v) is 22.6. The number of halogens is 2. The van der Waals surface area contributed by atoms with Gasteiger partial charge < -0.3 is 10.2 Å². The van der Waals surface area contributed by atoms with Gasteiger partial charge in [0.15, 0.2) is 11.6 Å². The monoisotopic (exact) mass is 534 g/mol. The van der Waals surface area contributed by atoms with Gasteiger partial charge in [-0.1, -0.05) is 55.6 Å². The Morgan fingerprint density at radius 1 is 1.26 bits per heavy atom. The van der Waals surface area contributed by atoms with Crippen LogP contribution in [-0.2, 0) is 9.59 Å². The number of ketones is 2. The normalized spacial score (nSPS) is 42.2. The Morgan fingerprint density at radius 2 is 2.00 bits per heavy atom. The highest BCUT2D eigenvalue weighted by atomic mass is 35.5. The predicted octanol–water partition coefficient (Wildman–Crippen LogP) is 5.91. The molecule has 6 unspecified atom stereocenters. The van der Waals surface area contributed by atoms with E-state index in [4.69, 9.17) is 23.2 Å². The van der Waals surface area contributed by atoms with E-state index in [0.717, 1.165) is 29.7 Å². The van der Waals surface area contributed by atoms with E-state index in [1.807, 2.05) is 19.9 Å². The van der Waals surface area contributed by atoms with Crippen LogP contribution in [0.25, 0.3) is 0 Å². The van der Waals surface area contributed by atoms with Gasteiger partial charge in [0, 0.05) is 26.7 Å². The van der Waals surface area contributed by atoms with Crippen LogP contribution in [0.3, 0.4) is 0 Å². The van der Waals surface area contributed by atoms with Crippen molar-refractivity contribution in [2.24, 2.45) is 34.5 Å². The number of carbonyl (C=O) groups is 2. The molecule has 3 saturated carbocycles. The van der Waals surface area contributed by atoms with Crippen LogP contribution in [0.15, 0.2) is 46.9 Å². The summed E-state index contributed by atoms with van der Waals surface area (Å²) in [4.78, 5) is 26.5. The Morgan fingerprint density at radius 3 is 2.71 bits per heavy atom. The molecule has 188 valence electrons. The summed E-state index contributed by atoms with van der Waals surface area (Å²) in [6, 6.07) is 5.18. The molecule has 2 N–H and O–H groups in total. The molecule has 0 aliphatic heterocycles. The Hall–Kier alpha value is -1.11. The van der Waals surface area contributed by atoms with Crippen molar-refractivity contribution in [1.82, 2.24) is 0 Å². The van der Waals surface area contributed by atoms with Gasteiger partial charge in [-0.3, -0.25) is 9.59 Å². The van der Waals surface area contributed by atoms with E-state index < -0.39 is 17.1 Å². The summed E-state index contributed by atoms with van der Waals surface area (Å²) in [5, 5.41) is 24.7. The summed E-state index contributed by atoms with van der Waals surface area (Å²) in [6.45, 7) is 6.11. The fraction of sp³-hybridized carbons (Fsp3) is 0.571. The van der Waals surface area contributed by atoms with E-state index in [0.29, 0.717) is 16.5 Å². The van der Waals surface area contributed by atoms with Gasteiger partial charge >= 0.3 is 0 Å². The second kappa shape index (κ2) is 8.73. The van der Waals surface area contributed by atoms with Gasteiger partial charge in [0.1, 0.15) is 5.60 Å². The van der Waals surface area contributed by atoms with Crippen molar-refractivity contribution in [3.63, 3.8) is 0 Å². The van der Waals surface area contributed by atoms with Crippen molar-refractivity contribution in [3.05, 3.63) is 52.0 Å². The van der Waals surface area contributed by atoms with Gasteiger partial charge in [-0.05, 0) is 73.8 Å². The third kappa shape index (κ3) is 3.72. The number of hydrogen-bond donors (Lipinski definition) is 2. The Bertz CT molecular complexity index is 1150. The predicted molar refractivity (Wildman–Crippen MR) is 140 cm³/mol. The number of carbonyl (C=O) groups excluding carboxylic acids is 2. The van der Waals surface area contributed by atoms with Crippen molar-refractivity contribution in [2.75, 3.05) is 5.75 Å². The zero-order chi connectivity index (χ0) is 25.3. The maximum absolute atomic E-state index is 13.7. The van der Waals surface area contributed by atoms with Crippen LogP contribution in [0, 0.1) is 34.5 Å². The molecule has 4 aliphatic carbocycles. The third-order valence-electron chi connectivity index (χ3n) is 9.76. The first-order valence-electron chi connectivity index (χ1n) is 12.4. The van der Waals surface area contributed by atoms with E-state index in [-0.39, 0.29) is 46.4 Å². The lowest BCUT2D eigenvalue weighted by atomic mass is 9.46. The summed E-state index contributed by atoms with van der Waals surface area (Å²) < 4.78 is 0. The quantitative estimate of drug-likeness (QED) is 0.469. The molecular weight excluding hydrogens is 503 g/mol. The second-order valence-electron chi connectivity index (χ2n) is 11.4. The van der Waals surface area contributed by atoms with Gasteiger partial charge in [0.05, 0.1) is 16.9 Å². The first-order valence-corrected chi connectivity index (χ1v) is 14.1. The van der Waals surface area contributed by atoms with Crippen molar-refractivity contribution >= 4 is 46.5 Å². The molecule has 0 heterocycles. The summed E-state index contributed by atoms with van der Waals surface area (Å²) in [5.41, 5.74) is -1.51. The second-order valence-corrected chi connectivity index (χ2v) is 13.3. The Kier molecular flexibility index (Phi) is 6.37. The van der Waals surface area contributed by atoms with Crippen molar-refractivity contribution < 1.29 is 19.8 Å². The van der Waals surface area contributed by atoms with E-state index in [1.165, 1.54) is 11.8 Å². The fourth-order valence-corrected chi connectivity index (χ4v) is 9.54. The molecule has 8 atom stereocenters. The molecule has 0 saturated heterocycles. The van der Waals surface area contributed by atoms with Crippen LogP contribution in [0.4, 0.5) is 0 Å². The van der Waals surface area contributed by atoms with Crippen LogP contribution in [0.5, 0.6) is 0 Å². The smallest absolute Gasteiger partial charge is 0.178 e. The molecular formula is C28H32Cl2O4S. The van der Waals surface area contributed by atoms with E-state index >= 15 is 0 Å². The molecule has 0 radical (unpaired) electrons. The van der Waals surface area contributed by atoms with Gasteiger partial charge in [-0.2, -0.15) is 0 Å². The van der Waals surface area contributed by atoms with E-state index in [9.17, 15) is 19.8 Å². The minimum Gasteiger partial charge on any atom is -0.393 e. The highest BCUT2D eigenvalue weighted by Gasteiger charge is 2.70. The van der Waals surface area contributed by atoms with Crippen molar-refractivity contribution in [3.8, 4) is 0 Å². The zero-order valence-electron chi connectivity index (χ0n) is 20.3. The van der Waals surface area contributed by atoms with Crippen LogP contribution >= 0.6 is 35.0 Å². The van der Waals surface area contributed by atoms with Gasteiger partial charge in [-0.15, -0.1) is 11.8 Å². The Balaban J connectivity index is 1.43. The number of rotatable bonds is 4. The lowest BCUT2D eigenvalue weighted by Gasteiger charge is -2.59. The number of fused-ring (bicyclic) bond motifs is 5. The summed E-state index contributed by atoms with van der Waals surface area (Å²) >= 11 is 13.6. The topological polar surface area (TPSA) is 74.6 Å². The van der Waals surface area contributed by atoms with Gasteiger partial charge in [0.2, 0.25) is 0 Å². The van der Waals surface area contributed by atoms with Gasteiger partial charge in [0.25, 0.3) is 0 Å². The summed E-state index contributed by atoms with van der Waals surface area (Å²) in [5.74, 6) is -0.0484. The fourth-order valence-electron chi connectivity index (χ4n) is 8.10. The highest BCUT2D eigenvalue weighted by molar-refractivity contribution is 8.00. The molecule has 3 fully saturated rings. The van der Waals surface area contributed by atoms with Crippen molar-refractivity contribution in [1.29, 1.82) is 0 Å². The maximum atomic E-state index is 13.7. The number of hydrogen-bond acceptors (Lipinski definition) is 5. The van der Waals surface area contributed by atoms with Crippen molar-refractivity contribution in [2.45, 2.75) is 63.1 Å². The Labute approximate surface area is 221 Å². The number of Topliss-reactive ketones (excluding diaryl/α,β-unsaturated/α-hetero) is 1.